The fourth-order valence-corrected chi connectivity index (χ4v) is 3.19. The highest BCUT2D eigenvalue weighted by Gasteiger charge is 2.13. The number of aromatic nitrogens is 1. The number of hydrogen-bond donors (Lipinski definition) is 1. The maximum Gasteiger partial charge on any atom is 0.125 e. The first-order valence-electron chi connectivity index (χ1n) is 8.09. The Morgan fingerprint density at radius 3 is 2.57 bits per heavy atom. The molecule has 1 fully saturated rings. The first kappa shape index (κ1) is 14.1. The Kier molecular flexibility index (Phi) is 4.54. The number of pyridine rings is 1. The molecule has 0 atom stereocenters. The number of anilines is 1. The van der Waals surface area contributed by atoms with Crippen molar-refractivity contribution < 1.29 is 0 Å². The van der Waals surface area contributed by atoms with Gasteiger partial charge in [-0.05, 0) is 48.9 Å². The summed E-state index contributed by atoms with van der Waals surface area (Å²) in [5.74, 6) is 1.83. The maximum atomic E-state index is 4.57. The Morgan fingerprint density at radius 1 is 1.05 bits per heavy atom. The van der Waals surface area contributed by atoms with E-state index in [0.29, 0.717) is 0 Å². The molecule has 110 valence electrons. The molecule has 0 spiro atoms. The fourth-order valence-electron chi connectivity index (χ4n) is 3.19. The average Bonchev–Trinajstić information content (AvgIpc) is 2.55. The highest BCUT2D eigenvalue weighted by Crippen LogP contribution is 2.25. The van der Waals surface area contributed by atoms with Crippen LogP contribution in [0.3, 0.4) is 0 Å². The lowest BCUT2D eigenvalue weighted by atomic mass is 9.89. The summed E-state index contributed by atoms with van der Waals surface area (Å²) < 4.78 is 0. The molecule has 3 rings (SSSR count). The van der Waals surface area contributed by atoms with E-state index in [1.807, 2.05) is 6.20 Å². The van der Waals surface area contributed by atoms with Gasteiger partial charge in [0.1, 0.15) is 5.82 Å². The number of hydrogen-bond acceptors (Lipinski definition) is 2. The Labute approximate surface area is 127 Å². The largest absolute Gasteiger partial charge is 0.370 e. The monoisotopic (exact) mass is 280 g/mol. The molecule has 0 aliphatic heterocycles. The SMILES string of the molecule is Cc1ccccc1-c1ccc(NCC2CCCCC2)nc1. The number of nitrogens with zero attached hydrogens (tertiary/aromatic N) is 1. The normalized spacial score (nSPS) is 15.9. The van der Waals surface area contributed by atoms with Crippen molar-refractivity contribution in [2.75, 3.05) is 11.9 Å². The van der Waals surface area contributed by atoms with Crippen LogP contribution in [0.5, 0.6) is 0 Å². The lowest BCUT2D eigenvalue weighted by molar-refractivity contribution is 0.373. The standard InChI is InChI=1S/C19H24N2/c1-15-7-5-6-10-18(15)17-11-12-19(21-14-17)20-13-16-8-3-2-4-9-16/h5-7,10-12,14,16H,2-4,8-9,13H2,1H3,(H,20,21). The Morgan fingerprint density at radius 2 is 1.86 bits per heavy atom. The highest BCUT2D eigenvalue weighted by molar-refractivity contribution is 5.67. The van der Waals surface area contributed by atoms with E-state index in [1.54, 1.807) is 0 Å². The van der Waals surface area contributed by atoms with Gasteiger partial charge in [0.15, 0.2) is 0 Å². The molecule has 1 aromatic heterocycles. The van der Waals surface area contributed by atoms with Crippen molar-refractivity contribution in [3.63, 3.8) is 0 Å². The van der Waals surface area contributed by atoms with Crippen molar-refractivity contribution in [1.29, 1.82) is 0 Å². The molecule has 21 heavy (non-hydrogen) atoms. The van der Waals surface area contributed by atoms with Gasteiger partial charge < -0.3 is 5.32 Å². The van der Waals surface area contributed by atoms with E-state index in [0.717, 1.165) is 18.3 Å². The fraction of sp³-hybridized carbons (Fsp3) is 0.421. The molecule has 0 bridgehead atoms. The third-order valence-corrected chi connectivity index (χ3v) is 4.52. The van der Waals surface area contributed by atoms with Crippen molar-refractivity contribution in [2.24, 2.45) is 5.92 Å². The second kappa shape index (κ2) is 6.75. The van der Waals surface area contributed by atoms with Gasteiger partial charge in [0.05, 0.1) is 0 Å². The van der Waals surface area contributed by atoms with E-state index in [9.17, 15) is 0 Å². The molecule has 1 saturated carbocycles. The van der Waals surface area contributed by atoms with Crippen LogP contribution in [0.4, 0.5) is 5.82 Å². The second-order valence-electron chi connectivity index (χ2n) is 6.13. The first-order chi connectivity index (χ1) is 10.3. The van der Waals surface area contributed by atoms with E-state index in [-0.39, 0.29) is 0 Å². The minimum absolute atomic E-state index is 0.830. The summed E-state index contributed by atoms with van der Waals surface area (Å²) in [7, 11) is 0. The second-order valence-corrected chi connectivity index (χ2v) is 6.13. The maximum absolute atomic E-state index is 4.57. The number of benzene rings is 1. The molecule has 1 aromatic carbocycles. The van der Waals surface area contributed by atoms with Crippen LogP contribution in [-0.2, 0) is 0 Å². The van der Waals surface area contributed by atoms with Crippen molar-refractivity contribution in [3.8, 4) is 11.1 Å². The van der Waals surface area contributed by atoms with Crippen molar-refractivity contribution in [1.82, 2.24) is 4.98 Å². The van der Waals surface area contributed by atoms with E-state index in [1.165, 1.54) is 48.8 Å². The summed E-state index contributed by atoms with van der Waals surface area (Å²) in [6.07, 6.45) is 8.92. The van der Waals surface area contributed by atoms with Crippen molar-refractivity contribution >= 4 is 5.82 Å². The quantitative estimate of drug-likeness (QED) is 0.847. The van der Waals surface area contributed by atoms with Crippen LogP contribution in [-0.4, -0.2) is 11.5 Å². The molecule has 2 nitrogen and oxygen atoms in total. The molecule has 2 heteroatoms. The first-order valence-corrected chi connectivity index (χ1v) is 8.09. The third-order valence-electron chi connectivity index (χ3n) is 4.52. The van der Waals surface area contributed by atoms with Crippen molar-refractivity contribution in [2.45, 2.75) is 39.0 Å². The van der Waals surface area contributed by atoms with Gasteiger partial charge >= 0.3 is 0 Å². The average molecular weight is 280 g/mol. The van der Waals surface area contributed by atoms with Crippen LogP contribution in [0.15, 0.2) is 42.6 Å². The van der Waals surface area contributed by atoms with Crippen LogP contribution in [0.25, 0.3) is 11.1 Å². The predicted octanol–water partition coefficient (Wildman–Crippen LogP) is 5.05. The number of aryl methyl sites for hydroxylation is 1. The van der Waals surface area contributed by atoms with Crippen LogP contribution >= 0.6 is 0 Å². The van der Waals surface area contributed by atoms with Crippen LogP contribution in [0, 0.1) is 12.8 Å². The molecular weight excluding hydrogens is 256 g/mol. The molecule has 0 radical (unpaired) electrons. The molecule has 1 aliphatic carbocycles. The molecule has 1 aliphatic rings. The van der Waals surface area contributed by atoms with Crippen LogP contribution in [0.1, 0.15) is 37.7 Å². The molecule has 2 aromatic rings. The minimum atomic E-state index is 0.830. The van der Waals surface area contributed by atoms with Gasteiger partial charge in [-0.15, -0.1) is 0 Å². The number of rotatable bonds is 4. The summed E-state index contributed by atoms with van der Waals surface area (Å²) in [6, 6.07) is 12.7. The van der Waals surface area contributed by atoms with Gasteiger partial charge in [0, 0.05) is 18.3 Å². The topological polar surface area (TPSA) is 24.9 Å². The van der Waals surface area contributed by atoms with Gasteiger partial charge in [-0.1, -0.05) is 43.5 Å². The third kappa shape index (κ3) is 3.63. The molecular formula is C19H24N2. The Bertz CT molecular complexity index is 568. The zero-order valence-corrected chi connectivity index (χ0v) is 12.8. The van der Waals surface area contributed by atoms with Crippen LogP contribution in [0.2, 0.25) is 0 Å². The van der Waals surface area contributed by atoms with Gasteiger partial charge in [-0.25, -0.2) is 4.98 Å². The van der Waals surface area contributed by atoms with Gasteiger partial charge in [0.25, 0.3) is 0 Å². The van der Waals surface area contributed by atoms with Crippen molar-refractivity contribution in [3.05, 3.63) is 48.2 Å². The predicted molar refractivity (Wildman–Crippen MR) is 89.5 cm³/mol. The van der Waals surface area contributed by atoms with E-state index >= 15 is 0 Å². The smallest absolute Gasteiger partial charge is 0.125 e. The lowest BCUT2D eigenvalue weighted by Crippen LogP contribution is -2.17. The summed E-state index contributed by atoms with van der Waals surface area (Å²) in [4.78, 5) is 4.57. The van der Waals surface area contributed by atoms with Gasteiger partial charge in [-0.2, -0.15) is 0 Å². The molecule has 0 saturated heterocycles. The van der Waals surface area contributed by atoms with E-state index in [4.69, 9.17) is 0 Å². The van der Waals surface area contributed by atoms with E-state index < -0.39 is 0 Å². The molecule has 0 unspecified atom stereocenters. The van der Waals surface area contributed by atoms with Crippen LogP contribution < -0.4 is 5.32 Å². The lowest BCUT2D eigenvalue weighted by Gasteiger charge is -2.22. The minimum Gasteiger partial charge on any atom is -0.370 e. The van der Waals surface area contributed by atoms with E-state index in [2.05, 4.69) is 53.6 Å². The summed E-state index contributed by atoms with van der Waals surface area (Å²) >= 11 is 0. The molecule has 1 heterocycles. The summed E-state index contributed by atoms with van der Waals surface area (Å²) in [5, 5.41) is 3.50. The van der Waals surface area contributed by atoms with Gasteiger partial charge in [-0.3, -0.25) is 0 Å². The van der Waals surface area contributed by atoms with Gasteiger partial charge in [0.2, 0.25) is 0 Å². The Hall–Kier alpha value is -1.83. The molecule has 1 N–H and O–H groups in total. The summed E-state index contributed by atoms with van der Waals surface area (Å²) in [5.41, 5.74) is 3.75. The Balaban J connectivity index is 1.63. The zero-order valence-electron chi connectivity index (χ0n) is 12.8. The molecule has 0 amide bonds. The number of nitrogens with one attached hydrogen (secondary N) is 1. The highest BCUT2D eigenvalue weighted by atomic mass is 15.0. The summed E-state index contributed by atoms with van der Waals surface area (Å²) in [6.45, 7) is 3.21. The zero-order chi connectivity index (χ0) is 14.5.